The van der Waals surface area contributed by atoms with Crippen LogP contribution in [0, 0.1) is 0 Å². The Morgan fingerprint density at radius 1 is 1.19 bits per heavy atom. The van der Waals surface area contributed by atoms with E-state index in [0.29, 0.717) is 23.5 Å². The van der Waals surface area contributed by atoms with Crippen molar-refractivity contribution < 1.29 is 9.59 Å². The maximum absolute atomic E-state index is 11.7. The third-order valence-electron chi connectivity index (χ3n) is 3.17. The van der Waals surface area contributed by atoms with Gasteiger partial charge in [0.25, 0.3) is 5.91 Å². The summed E-state index contributed by atoms with van der Waals surface area (Å²) in [4.78, 5) is 26.3. The molecule has 2 amide bonds. The van der Waals surface area contributed by atoms with Gasteiger partial charge in [-0.1, -0.05) is 6.07 Å². The third-order valence-corrected chi connectivity index (χ3v) is 4.04. The van der Waals surface area contributed by atoms with Crippen molar-refractivity contribution >= 4 is 23.2 Å². The van der Waals surface area contributed by atoms with Crippen molar-refractivity contribution in [2.45, 2.75) is 39.8 Å². The molecule has 0 aliphatic carbocycles. The molecule has 21 heavy (non-hydrogen) atoms. The molecule has 0 saturated carbocycles. The zero-order valence-electron chi connectivity index (χ0n) is 13.2. The smallest absolute Gasteiger partial charge is 0.261 e. The van der Waals surface area contributed by atoms with E-state index in [1.165, 1.54) is 11.3 Å². The van der Waals surface area contributed by atoms with Gasteiger partial charge in [0.2, 0.25) is 5.91 Å². The molecular weight excluding hydrogens is 286 g/mol. The van der Waals surface area contributed by atoms with Crippen molar-refractivity contribution in [3.63, 3.8) is 0 Å². The quantitative estimate of drug-likeness (QED) is 0.768. The van der Waals surface area contributed by atoms with E-state index < -0.39 is 0 Å². The molecule has 0 aliphatic rings. The fourth-order valence-corrected chi connectivity index (χ4v) is 2.80. The molecule has 1 rings (SSSR count). The molecular formula is C15H25N3O2S. The number of hydrogen-bond donors (Lipinski definition) is 2. The number of carbonyl (C=O) groups is 2. The standard InChI is InChI=1S/C15H25N3O2S/c1-11(2)18(12(3)4)8-7-16-14(19)10-17-15(20)13-6-5-9-21-13/h5-6,9,11-12H,7-8,10H2,1-4H3,(H,16,19)(H,17,20). The Kier molecular flexibility index (Phi) is 7.39. The Morgan fingerprint density at radius 2 is 1.86 bits per heavy atom. The molecule has 6 heteroatoms. The van der Waals surface area contributed by atoms with Crippen molar-refractivity contribution in [3.05, 3.63) is 22.4 Å². The van der Waals surface area contributed by atoms with Gasteiger partial charge in [-0.25, -0.2) is 0 Å². The summed E-state index contributed by atoms with van der Waals surface area (Å²) < 4.78 is 0. The number of rotatable bonds is 8. The van der Waals surface area contributed by atoms with Crippen molar-refractivity contribution in [2.75, 3.05) is 19.6 Å². The predicted molar refractivity (Wildman–Crippen MR) is 86.6 cm³/mol. The van der Waals surface area contributed by atoms with Gasteiger partial charge in [-0.3, -0.25) is 14.5 Å². The third kappa shape index (κ3) is 6.27. The van der Waals surface area contributed by atoms with Gasteiger partial charge in [0.1, 0.15) is 0 Å². The van der Waals surface area contributed by atoms with Crippen LogP contribution in [0.4, 0.5) is 0 Å². The molecule has 0 saturated heterocycles. The molecule has 0 bridgehead atoms. The van der Waals surface area contributed by atoms with E-state index in [9.17, 15) is 9.59 Å². The van der Waals surface area contributed by atoms with Gasteiger partial charge in [-0.15, -0.1) is 11.3 Å². The maximum atomic E-state index is 11.7. The fraction of sp³-hybridized carbons (Fsp3) is 0.600. The second-order valence-electron chi connectivity index (χ2n) is 5.44. The topological polar surface area (TPSA) is 61.4 Å². The van der Waals surface area contributed by atoms with Gasteiger partial charge in [-0.05, 0) is 39.1 Å². The lowest BCUT2D eigenvalue weighted by atomic mass is 10.2. The normalized spacial score (nSPS) is 11.2. The van der Waals surface area contributed by atoms with Crippen LogP contribution < -0.4 is 10.6 Å². The highest BCUT2D eigenvalue weighted by Gasteiger charge is 2.13. The van der Waals surface area contributed by atoms with Gasteiger partial charge in [0.05, 0.1) is 11.4 Å². The first-order valence-corrected chi connectivity index (χ1v) is 8.14. The first-order valence-electron chi connectivity index (χ1n) is 7.26. The molecule has 0 aromatic carbocycles. The molecule has 5 nitrogen and oxygen atoms in total. The number of nitrogens with one attached hydrogen (secondary N) is 2. The summed E-state index contributed by atoms with van der Waals surface area (Å²) in [7, 11) is 0. The molecule has 0 aliphatic heterocycles. The Labute approximate surface area is 130 Å². The summed E-state index contributed by atoms with van der Waals surface area (Å²) in [6, 6.07) is 4.44. The van der Waals surface area contributed by atoms with E-state index in [1.54, 1.807) is 6.07 Å². The predicted octanol–water partition coefficient (Wildman–Crippen LogP) is 1.71. The lowest BCUT2D eigenvalue weighted by Gasteiger charge is -2.30. The van der Waals surface area contributed by atoms with Crippen molar-refractivity contribution in [2.24, 2.45) is 0 Å². The van der Waals surface area contributed by atoms with Crippen LogP contribution in [0.2, 0.25) is 0 Å². The molecule has 1 aromatic rings. The van der Waals surface area contributed by atoms with Gasteiger partial charge < -0.3 is 10.6 Å². The van der Waals surface area contributed by atoms with Gasteiger partial charge >= 0.3 is 0 Å². The molecule has 118 valence electrons. The van der Waals surface area contributed by atoms with Crippen LogP contribution in [0.1, 0.15) is 37.4 Å². The first kappa shape index (κ1) is 17.7. The van der Waals surface area contributed by atoms with E-state index in [4.69, 9.17) is 0 Å². The molecule has 0 spiro atoms. The van der Waals surface area contributed by atoms with Crippen molar-refractivity contribution in [3.8, 4) is 0 Å². The molecule has 0 atom stereocenters. The highest BCUT2D eigenvalue weighted by atomic mass is 32.1. The van der Waals surface area contributed by atoms with E-state index in [1.807, 2.05) is 11.4 Å². The summed E-state index contributed by atoms with van der Waals surface area (Å²) in [5.41, 5.74) is 0. The van der Waals surface area contributed by atoms with Crippen LogP contribution in [0.3, 0.4) is 0 Å². The maximum Gasteiger partial charge on any atom is 0.261 e. The van der Waals surface area contributed by atoms with E-state index in [0.717, 1.165) is 6.54 Å². The lowest BCUT2D eigenvalue weighted by molar-refractivity contribution is -0.120. The second kappa shape index (κ2) is 8.79. The highest BCUT2D eigenvalue weighted by Crippen LogP contribution is 2.07. The van der Waals surface area contributed by atoms with Crippen LogP contribution in [0.15, 0.2) is 17.5 Å². The average molecular weight is 311 g/mol. The van der Waals surface area contributed by atoms with E-state index >= 15 is 0 Å². The van der Waals surface area contributed by atoms with Crippen LogP contribution in [0.5, 0.6) is 0 Å². The summed E-state index contributed by atoms with van der Waals surface area (Å²) in [5, 5.41) is 7.28. The Balaban J connectivity index is 2.24. The second-order valence-corrected chi connectivity index (χ2v) is 6.38. The molecule has 0 unspecified atom stereocenters. The van der Waals surface area contributed by atoms with Crippen LogP contribution in [-0.2, 0) is 4.79 Å². The van der Waals surface area contributed by atoms with Gasteiger partial charge in [-0.2, -0.15) is 0 Å². The van der Waals surface area contributed by atoms with E-state index in [2.05, 4.69) is 43.2 Å². The van der Waals surface area contributed by atoms with Crippen LogP contribution >= 0.6 is 11.3 Å². The Bertz CT molecular complexity index is 436. The highest BCUT2D eigenvalue weighted by molar-refractivity contribution is 7.12. The average Bonchev–Trinajstić information content (AvgIpc) is 2.94. The number of nitrogens with zero attached hydrogens (tertiary/aromatic N) is 1. The minimum absolute atomic E-state index is 0.0140. The molecule has 0 radical (unpaired) electrons. The zero-order chi connectivity index (χ0) is 15.8. The van der Waals surface area contributed by atoms with Crippen molar-refractivity contribution in [1.29, 1.82) is 0 Å². The summed E-state index contributed by atoms with van der Waals surface area (Å²) >= 11 is 1.36. The number of thiophene rings is 1. The summed E-state index contributed by atoms with van der Waals surface area (Å²) in [6.07, 6.45) is 0. The van der Waals surface area contributed by atoms with Gasteiger partial charge in [0, 0.05) is 25.2 Å². The fourth-order valence-electron chi connectivity index (χ4n) is 2.16. The minimum Gasteiger partial charge on any atom is -0.353 e. The Morgan fingerprint density at radius 3 is 2.38 bits per heavy atom. The SMILES string of the molecule is CC(C)N(CCNC(=O)CNC(=O)c1cccs1)C(C)C. The molecule has 1 heterocycles. The van der Waals surface area contributed by atoms with Crippen LogP contribution in [0.25, 0.3) is 0 Å². The van der Waals surface area contributed by atoms with Crippen LogP contribution in [-0.4, -0.2) is 48.4 Å². The lowest BCUT2D eigenvalue weighted by Crippen LogP contribution is -2.44. The van der Waals surface area contributed by atoms with E-state index in [-0.39, 0.29) is 18.4 Å². The summed E-state index contributed by atoms with van der Waals surface area (Å²) in [5.74, 6) is -0.362. The van der Waals surface area contributed by atoms with Gasteiger partial charge in [0.15, 0.2) is 0 Å². The first-order chi connectivity index (χ1) is 9.91. The summed E-state index contributed by atoms with van der Waals surface area (Å²) in [6.45, 7) is 9.97. The van der Waals surface area contributed by atoms with Crippen molar-refractivity contribution in [1.82, 2.24) is 15.5 Å². The molecule has 0 fully saturated rings. The minimum atomic E-state index is -0.203. The monoisotopic (exact) mass is 311 g/mol. The number of carbonyl (C=O) groups excluding carboxylic acids is 2. The number of amides is 2. The molecule has 1 aromatic heterocycles. The zero-order valence-corrected chi connectivity index (χ0v) is 14.0. The Hall–Kier alpha value is -1.40. The largest absolute Gasteiger partial charge is 0.353 e. The molecule has 2 N–H and O–H groups in total. The number of hydrogen-bond acceptors (Lipinski definition) is 4.